The Morgan fingerprint density at radius 1 is 1.09 bits per heavy atom. The second-order valence-corrected chi connectivity index (χ2v) is 4.41. The maximum atomic E-state index is 11.8. The number of carbonyl (C=O) groups is 2. The van der Waals surface area contributed by atoms with Gasteiger partial charge in [-0.1, -0.05) is 24.3 Å². The minimum atomic E-state index is -0.942. The summed E-state index contributed by atoms with van der Waals surface area (Å²) in [5.41, 5.74) is 2.87. The molecule has 0 aliphatic heterocycles. The monoisotopic (exact) mass is 313 g/mol. The average molecular weight is 313 g/mol. The van der Waals surface area contributed by atoms with Gasteiger partial charge in [0.15, 0.2) is 0 Å². The second kappa shape index (κ2) is 7.60. The number of ether oxygens (including phenoxy) is 1. The summed E-state index contributed by atoms with van der Waals surface area (Å²) in [5, 5.41) is 15.6. The Morgan fingerprint density at radius 2 is 1.78 bits per heavy atom. The third-order valence-corrected chi connectivity index (χ3v) is 2.87. The molecular weight excluding hydrogens is 298 g/mol. The first kappa shape index (κ1) is 16.0. The van der Waals surface area contributed by atoms with E-state index in [1.54, 1.807) is 42.5 Å². The van der Waals surface area contributed by atoms with Crippen molar-refractivity contribution in [3.8, 4) is 11.5 Å². The number of phenols is 1. The summed E-state index contributed by atoms with van der Waals surface area (Å²) in [5.74, 6) is -1.37. The van der Waals surface area contributed by atoms with Crippen LogP contribution in [0.4, 0.5) is 5.69 Å². The Bertz CT molecular complexity index is 744. The van der Waals surface area contributed by atoms with Gasteiger partial charge in [-0.15, -0.1) is 0 Å². The highest BCUT2D eigenvalue weighted by atomic mass is 16.5. The van der Waals surface area contributed by atoms with Crippen LogP contribution in [0.2, 0.25) is 0 Å². The number of phenolic OH excluding ortho intramolecular Hbond substituents is 1. The Morgan fingerprint density at radius 3 is 2.52 bits per heavy atom. The van der Waals surface area contributed by atoms with Crippen LogP contribution in [0, 0.1) is 0 Å². The van der Waals surface area contributed by atoms with Crippen LogP contribution in [0.1, 0.15) is 5.56 Å². The molecule has 0 radical (unpaired) electrons. The lowest BCUT2D eigenvalue weighted by Crippen LogP contribution is -2.32. The first-order chi connectivity index (χ1) is 11.1. The molecule has 0 unspecified atom stereocenters. The quantitative estimate of drug-likeness (QED) is 0.452. The predicted molar refractivity (Wildman–Crippen MR) is 85.5 cm³/mol. The van der Waals surface area contributed by atoms with E-state index in [0.29, 0.717) is 17.0 Å². The lowest BCUT2D eigenvalue weighted by molar-refractivity contribution is -0.136. The van der Waals surface area contributed by atoms with Crippen molar-refractivity contribution in [3.05, 3.63) is 54.1 Å². The number of nitrogens with zero attached hydrogens (tertiary/aromatic N) is 1. The van der Waals surface area contributed by atoms with Gasteiger partial charge in [-0.2, -0.15) is 5.10 Å². The van der Waals surface area contributed by atoms with Crippen molar-refractivity contribution in [2.45, 2.75) is 0 Å². The van der Waals surface area contributed by atoms with Crippen molar-refractivity contribution in [1.29, 1.82) is 0 Å². The predicted octanol–water partition coefficient (Wildman–Crippen LogP) is 1.49. The molecule has 2 rings (SSSR count). The first-order valence-electron chi connectivity index (χ1n) is 6.67. The van der Waals surface area contributed by atoms with Gasteiger partial charge in [0.05, 0.1) is 19.0 Å². The smallest absolute Gasteiger partial charge is 0.329 e. The van der Waals surface area contributed by atoms with Crippen LogP contribution in [0.5, 0.6) is 11.5 Å². The fourth-order valence-corrected chi connectivity index (χ4v) is 1.73. The zero-order valence-corrected chi connectivity index (χ0v) is 12.3. The number of amides is 2. The van der Waals surface area contributed by atoms with Crippen molar-refractivity contribution in [3.63, 3.8) is 0 Å². The molecule has 23 heavy (non-hydrogen) atoms. The molecule has 7 heteroatoms. The van der Waals surface area contributed by atoms with E-state index in [2.05, 4.69) is 15.8 Å². The van der Waals surface area contributed by atoms with Gasteiger partial charge in [-0.3, -0.25) is 9.59 Å². The van der Waals surface area contributed by atoms with Crippen LogP contribution in [0.3, 0.4) is 0 Å². The Balaban J connectivity index is 1.95. The summed E-state index contributed by atoms with van der Waals surface area (Å²) in [6.07, 6.45) is 1.24. The number of aromatic hydroxyl groups is 1. The Kier molecular flexibility index (Phi) is 5.30. The molecule has 0 heterocycles. The first-order valence-corrected chi connectivity index (χ1v) is 6.67. The second-order valence-electron chi connectivity index (χ2n) is 4.41. The van der Waals surface area contributed by atoms with Gasteiger partial charge in [0, 0.05) is 5.56 Å². The van der Waals surface area contributed by atoms with Gasteiger partial charge in [0.1, 0.15) is 11.5 Å². The number of rotatable bonds is 4. The molecule has 0 saturated carbocycles. The van der Waals surface area contributed by atoms with E-state index < -0.39 is 11.8 Å². The van der Waals surface area contributed by atoms with Crippen LogP contribution in [0.25, 0.3) is 0 Å². The van der Waals surface area contributed by atoms with Gasteiger partial charge >= 0.3 is 11.8 Å². The molecule has 0 saturated heterocycles. The SMILES string of the molecule is COc1ccccc1NC(=O)C(=O)NN=Cc1ccccc1O. The summed E-state index contributed by atoms with van der Waals surface area (Å²) in [6, 6.07) is 13.2. The van der Waals surface area contributed by atoms with Crippen LogP contribution < -0.4 is 15.5 Å². The molecular formula is C16H15N3O4. The number of methoxy groups -OCH3 is 1. The maximum Gasteiger partial charge on any atom is 0.329 e. The molecule has 2 aromatic rings. The van der Waals surface area contributed by atoms with Crippen LogP contribution in [-0.4, -0.2) is 30.2 Å². The summed E-state index contributed by atoms with van der Waals surface area (Å²) < 4.78 is 5.07. The topological polar surface area (TPSA) is 100 Å². The molecule has 0 aliphatic carbocycles. The molecule has 0 atom stereocenters. The van der Waals surface area contributed by atoms with Gasteiger partial charge in [-0.05, 0) is 24.3 Å². The fraction of sp³-hybridized carbons (Fsp3) is 0.0625. The number of nitrogens with one attached hydrogen (secondary N) is 2. The largest absolute Gasteiger partial charge is 0.507 e. The van der Waals surface area contributed by atoms with E-state index in [1.165, 1.54) is 19.4 Å². The Labute approximate surface area is 132 Å². The van der Waals surface area contributed by atoms with Crippen molar-refractivity contribution >= 4 is 23.7 Å². The van der Waals surface area contributed by atoms with E-state index >= 15 is 0 Å². The molecule has 0 aromatic heterocycles. The molecule has 2 aromatic carbocycles. The average Bonchev–Trinajstić information content (AvgIpc) is 2.57. The van der Waals surface area contributed by atoms with Gasteiger partial charge in [0.25, 0.3) is 0 Å². The minimum Gasteiger partial charge on any atom is -0.507 e. The van der Waals surface area contributed by atoms with Gasteiger partial charge in [-0.25, -0.2) is 5.43 Å². The van der Waals surface area contributed by atoms with Crippen LogP contribution in [-0.2, 0) is 9.59 Å². The van der Waals surface area contributed by atoms with E-state index in [4.69, 9.17) is 4.74 Å². The lowest BCUT2D eigenvalue weighted by Gasteiger charge is -2.08. The number of hydrogen-bond donors (Lipinski definition) is 3. The summed E-state index contributed by atoms with van der Waals surface area (Å²) in [7, 11) is 1.46. The molecule has 7 nitrogen and oxygen atoms in total. The number of carbonyl (C=O) groups excluding carboxylic acids is 2. The van der Waals surface area contributed by atoms with Crippen molar-refractivity contribution in [2.75, 3.05) is 12.4 Å². The van der Waals surface area contributed by atoms with Gasteiger partial charge < -0.3 is 15.2 Å². The van der Waals surface area contributed by atoms with Gasteiger partial charge in [0.2, 0.25) is 0 Å². The summed E-state index contributed by atoms with van der Waals surface area (Å²) >= 11 is 0. The molecule has 2 amide bonds. The number of para-hydroxylation sites is 3. The number of benzene rings is 2. The number of hydrazone groups is 1. The Hall–Kier alpha value is -3.35. The maximum absolute atomic E-state index is 11.8. The number of anilines is 1. The van der Waals surface area contributed by atoms with E-state index in [-0.39, 0.29) is 5.75 Å². The molecule has 0 bridgehead atoms. The van der Waals surface area contributed by atoms with E-state index in [1.807, 2.05) is 0 Å². The molecule has 3 N–H and O–H groups in total. The molecule has 0 fully saturated rings. The van der Waals surface area contributed by atoms with Crippen molar-refractivity contribution in [1.82, 2.24) is 5.43 Å². The third-order valence-electron chi connectivity index (χ3n) is 2.87. The lowest BCUT2D eigenvalue weighted by atomic mass is 10.2. The molecule has 118 valence electrons. The summed E-state index contributed by atoms with van der Waals surface area (Å²) in [4.78, 5) is 23.5. The zero-order chi connectivity index (χ0) is 16.7. The molecule has 0 aliphatic rings. The van der Waals surface area contributed by atoms with Crippen LogP contribution in [0.15, 0.2) is 53.6 Å². The third kappa shape index (κ3) is 4.31. The van der Waals surface area contributed by atoms with E-state index in [9.17, 15) is 14.7 Å². The van der Waals surface area contributed by atoms with E-state index in [0.717, 1.165) is 0 Å². The highest BCUT2D eigenvalue weighted by Gasteiger charge is 2.14. The van der Waals surface area contributed by atoms with Crippen molar-refractivity contribution < 1.29 is 19.4 Å². The standard InChI is InChI=1S/C16H15N3O4/c1-23-14-9-5-3-7-12(14)18-15(21)16(22)19-17-10-11-6-2-4-8-13(11)20/h2-10,20H,1H3,(H,18,21)(H,19,22). The normalized spacial score (nSPS) is 10.3. The highest BCUT2D eigenvalue weighted by Crippen LogP contribution is 2.22. The fourth-order valence-electron chi connectivity index (χ4n) is 1.73. The number of hydrogen-bond acceptors (Lipinski definition) is 5. The van der Waals surface area contributed by atoms with Crippen molar-refractivity contribution in [2.24, 2.45) is 5.10 Å². The summed E-state index contributed by atoms with van der Waals surface area (Å²) in [6.45, 7) is 0. The minimum absolute atomic E-state index is 0.0176. The zero-order valence-electron chi connectivity index (χ0n) is 12.3. The highest BCUT2D eigenvalue weighted by molar-refractivity contribution is 6.39. The molecule has 0 spiro atoms. The van der Waals surface area contributed by atoms with Crippen LogP contribution >= 0.6 is 0 Å².